The number of aromatic nitrogens is 2. The second-order valence-electron chi connectivity index (χ2n) is 4.28. The lowest BCUT2D eigenvalue weighted by molar-refractivity contribution is -0.126. The van der Waals surface area contributed by atoms with Gasteiger partial charge in [0, 0.05) is 0 Å². The Morgan fingerprint density at radius 3 is 3.06 bits per heavy atom. The molecule has 0 saturated carbocycles. The zero-order chi connectivity index (χ0) is 11.6. The van der Waals surface area contributed by atoms with Crippen LogP contribution in [-0.2, 0) is 11.3 Å². The average Bonchev–Trinajstić information content (AvgIpc) is 2.85. The summed E-state index contributed by atoms with van der Waals surface area (Å²) in [5, 5.41) is 9.65. The first kappa shape index (κ1) is 11.1. The van der Waals surface area contributed by atoms with Gasteiger partial charge in [-0.05, 0) is 33.2 Å². The molecule has 1 saturated heterocycles. The Morgan fingerprint density at radius 1 is 1.69 bits per heavy atom. The van der Waals surface area contributed by atoms with Gasteiger partial charge in [-0.25, -0.2) is 0 Å². The van der Waals surface area contributed by atoms with Crippen LogP contribution in [0.15, 0.2) is 4.52 Å². The van der Waals surface area contributed by atoms with Crippen LogP contribution in [0.1, 0.15) is 31.5 Å². The van der Waals surface area contributed by atoms with Gasteiger partial charge in [-0.3, -0.25) is 4.79 Å². The highest BCUT2D eigenvalue weighted by Gasteiger charge is 2.35. The summed E-state index contributed by atoms with van der Waals surface area (Å²) in [5.74, 6) is 1.00. The van der Waals surface area contributed by atoms with Crippen LogP contribution in [0.5, 0.6) is 0 Å². The van der Waals surface area contributed by atoms with Crippen LogP contribution in [0.3, 0.4) is 0 Å². The number of aryl methyl sites for hydroxylation is 1. The van der Waals surface area contributed by atoms with E-state index in [0.717, 1.165) is 19.4 Å². The Morgan fingerprint density at radius 2 is 2.50 bits per heavy atom. The molecule has 88 valence electrons. The minimum atomic E-state index is -0.449. The first-order valence-electron chi connectivity index (χ1n) is 5.43. The van der Waals surface area contributed by atoms with Gasteiger partial charge in [0.25, 0.3) is 0 Å². The molecule has 1 unspecified atom stereocenters. The second kappa shape index (κ2) is 4.21. The number of amides is 1. The van der Waals surface area contributed by atoms with E-state index in [0.29, 0.717) is 11.7 Å². The Hall–Kier alpha value is -1.43. The van der Waals surface area contributed by atoms with Crippen LogP contribution in [0, 0.1) is 6.92 Å². The summed E-state index contributed by atoms with van der Waals surface area (Å²) in [6.45, 7) is 4.84. The molecule has 1 aromatic heterocycles. The molecule has 2 N–H and O–H groups in total. The fraction of sp³-hybridized carbons (Fsp3) is 0.700. The molecule has 1 aromatic rings. The van der Waals surface area contributed by atoms with Gasteiger partial charge < -0.3 is 15.2 Å². The zero-order valence-electron chi connectivity index (χ0n) is 9.54. The predicted molar refractivity (Wildman–Crippen MR) is 56.5 cm³/mol. The highest BCUT2D eigenvalue weighted by molar-refractivity contribution is 5.86. The summed E-state index contributed by atoms with van der Waals surface area (Å²) in [6, 6.07) is 0. The van der Waals surface area contributed by atoms with Crippen LogP contribution in [-0.4, -0.2) is 28.1 Å². The molecule has 1 atom stereocenters. The molecule has 6 nitrogen and oxygen atoms in total. The van der Waals surface area contributed by atoms with Gasteiger partial charge in [0.15, 0.2) is 5.82 Å². The van der Waals surface area contributed by atoms with Crippen LogP contribution in [0.2, 0.25) is 0 Å². The molecule has 6 heteroatoms. The zero-order valence-corrected chi connectivity index (χ0v) is 9.54. The molecule has 2 heterocycles. The van der Waals surface area contributed by atoms with Crippen LogP contribution in [0.4, 0.5) is 0 Å². The average molecular weight is 224 g/mol. The summed E-state index contributed by atoms with van der Waals surface area (Å²) < 4.78 is 4.91. The molecule has 2 rings (SSSR count). The minimum Gasteiger partial charge on any atom is -0.345 e. The summed E-state index contributed by atoms with van der Waals surface area (Å²) >= 11 is 0. The molecule has 1 aliphatic heterocycles. The maximum Gasteiger partial charge on any atom is 0.246 e. The van der Waals surface area contributed by atoms with Crippen molar-refractivity contribution >= 4 is 5.91 Å². The third-order valence-electron chi connectivity index (χ3n) is 2.84. The van der Waals surface area contributed by atoms with E-state index in [2.05, 4.69) is 20.8 Å². The van der Waals surface area contributed by atoms with Crippen molar-refractivity contribution in [3.63, 3.8) is 0 Å². The number of nitrogens with zero attached hydrogens (tertiary/aromatic N) is 2. The maximum atomic E-state index is 11.9. The Bertz CT molecular complexity index is 382. The number of nitrogens with one attached hydrogen (secondary N) is 2. The minimum absolute atomic E-state index is 0.0131. The van der Waals surface area contributed by atoms with E-state index < -0.39 is 5.54 Å². The van der Waals surface area contributed by atoms with Gasteiger partial charge >= 0.3 is 0 Å². The Kier molecular flexibility index (Phi) is 2.91. The van der Waals surface area contributed by atoms with Crippen LogP contribution >= 0.6 is 0 Å². The van der Waals surface area contributed by atoms with Crippen molar-refractivity contribution in [2.75, 3.05) is 6.54 Å². The maximum absolute atomic E-state index is 11.9. The summed E-state index contributed by atoms with van der Waals surface area (Å²) in [7, 11) is 0. The third-order valence-corrected chi connectivity index (χ3v) is 2.84. The van der Waals surface area contributed by atoms with Crippen molar-refractivity contribution in [2.45, 2.75) is 38.8 Å². The van der Waals surface area contributed by atoms with Gasteiger partial charge in [-0.15, -0.1) is 0 Å². The smallest absolute Gasteiger partial charge is 0.246 e. The summed E-state index contributed by atoms with van der Waals surface area (Å²) in [6.07, 6.45) is 1.89. The first-order valence-corrected chi connectivity index (χ1v) is 5.43. The number of hydrogen-bond donors (Lipinski definition) is 2. The van der Waals surface area contributed by atoms with Crippen molar-refractivity contribution in [3.8, 4) is 0 Å². The standard InChI is InChI=1S/C10H16N4O2/c1-7-13-8(16-14-7)6-11-9(15)10(2)4-3-5-12-10/h12H,3-6H2,1-2H3,(H,11,15). The highest BCUT2D eigenvalue weighted by Crippen LogP contribution is 2.18. The molecule has 1 aliphatic rings. The Balaban J connectivity index is 1.88. The van der Waals surface area contributed by atoms with Crippen molar-refractivity contribution in [3.05, 3.63) is 11.7 Å². The van der Waals surface area contributed by atoms with E-state index in [9.17, 15) is 4.79 Å². The normalized spacial score (nSPS) is 24.6. The monoisotopic (exact) mass is 224 g/mol. The van der Waals surface area contributed by atoms with E-state index >= 15 is 0 Å². The lowest BCUT2D eigenvalue weighted by atomic mass is 9.99. The molecule has 0 bridgehead atoms. The van der Waals surface area contributed by atoms with E-state index in [4.69, 9.17) is 4.52 Å². The van der Waals surface area contributed by atoms with Crippen LogP contribution < -0.4 is 10.6 Å². The SMILES string of the molecule is Cc1noc(CNC(=O)C2(C)CCCN2)n1. The van der Waals surface area contributed by atoms with Crippen LogP contribution in [0.25, 0.3) is 0 Å². The largest absolute Gasteiger partial charge is 0.345 e. The number of hydrogen-bond acceptors (Lipinski definition) is 5. The number of carbonyl (C=O) groups is 1. The fourth-order valence-corrected chi connectivity index (χ4v) is 1.85. The molecule has 0 radical (unpaired) electrons. The third kappa shape index (κ3) is 2.21. The van der Waals surface area contributed by atoms with Gasteiger partial charge in [-0.1, -0.05) is 5.16 Å². The van der Waals surface area contributed by atoms with E-state index in [-0.39, 0.29) is 12.5 Å². The lowest BCUT2D eigenvalue weighted by Crippen LogP contribution is -2.50. The topological polar surface area (TPSA) is 80.0 Å². The molecule has 0 spiro atoms. The Labute approximate surface area is 93.8 Å². The lowest BCUT2D eigenvalue weighted by Gasteiger charge is -2.22. The van der Waals surface area contributed by atoms with Gasteiger partial charge in [-0.2, -0.15) is 4.98 Å². The first-order chi connectivity index (χ1) is 7.60. The highest BCUT2D eigenvalue weighted by atomic mass is 16.5. The molecule has 0 aliphatic carbocycles. The summed E-state index contributed by atoms with van der Waals surface area (Å²) in [5.41, 5.74) is -0.449. The van der Waals surface area contributed by atoms with Gasteiger partial charge in [0.2, 0.25) is 11.8 Å². The molecule has 16 heavy (non-hydrogen) atoms. The van der Waals surface area contributed by atoms with Gasteiger partial charge in [0.05, 0.1) is 12.1 Å². The molecular formula is C10H16N4O2. The summed E-state index contributed by atoms with van der Waals surface area (Å²) in [4.78, 5) is 15.9. The van der Waals surface area contributed by atoms with Gasteiger partial charge in [0.1, 0.15) is 0 Å². The van der Waals surface area contributed by atoms with Crippen molar-refractivity contribution in [1.82, 2.24) is 20.8 Å². The predicted octanol–water partition coefficient (Wildman–Crippen LogP) is 0.136. The number of carbonyl (C=O) groups excluding carboxylic acids is 1. The second-order valence-corrected chi connectivity index (χ2v) is 4.28. The van der Waals surface area contributed by atoms with E-state index in [1.807, 2.05) is 6.92 Å². The van der Waals surface area contributed by atoms with Crippen molar-refractivity contribution in [1.29, 1.82) is 0 Å². The van der Waals surface area contributed by atoms with E-state index in [1.165, 1.54) is 0 Å². The molecule has 1 fully saturated rings. The molecule has 0 aromatic carbocycles. The molecule has 1 amide bonds. The number of rotatable bonds is 3. The van der Waals surface area contributed by atoms with E-state index in [1.54, 1.807) is 6.92 Å². The van der Waals surface area contributed by atoms with Crippen molar-refractivity contribution < 1.29 is 9.32 Å². The fourth-order valence-electron chi connectivity index (χ4n) is 1.85. The molecular weight excluding hydrogens is 208 g/mol. The quantitative estimate of drug-likeness (QED) is 0.763. The van der Waals surface area contributed by atoms with Crippen molar-refractivity contribution in [2.24, 2.45) is 0 Å².